The van der Waals surface area contributed by atoms with E-state index in [0.29, 0.717) is 42.0 Å². The minimum absolute atomic E-state index is 0.254. The standard InChI is InChI=1S/C22H24ClFN4O2/c1-2-29-20-9-4-3-6-16(20)22-25-21(30-26-22)15-28-12-10-27(11-13-28)14-17-18(23)7-5-8-19(17)24/h3-9H,2,10-15H2,1H3. The summed E-state index contributed by atoms with van der Waals surface area (Å²) in [5.74, 6) is 1.59. The third-order valence-electron chi connectivity index (χ3n) is 5.16. The molecule has 4 rings (SSSR count). The van der Waals surface area contributed by atoms with Crippen molar-refractivity contribution < 1.29 is 13.7 Å². The molecular formula is C22H24ClFN4O2. The highest BCUT2D eigenvalue weighted by atomic mass is 35.5. The first-order valence-corrected chi connectivity index (χ1v) is 10.4. The van der Waals surface area contributed by atoms with Crippen LogP contribution in [0.1, 0.15) is 18.4 Å². The molecule has 1 aromatic heterocycles. The summed E-state index contributed by atoms with van der Waals surface area (Å²) in [4.78, 5) is 9.01. The Hall–Kier alpha value is -2.48. The Morgan fingerprint density at radius 2 is 1.77 bits per heavy atom. The van der Waals surface area contributed by atoms with Gasteiger partial charge in [0.1, 0.15) is 11.6 Å². The fraction of sp³-hybridized carbons (Fsp3) is 0.364. The molecule has 1 aliphatic heterocycles. The third-order valence-corrected chi connectivity index (χ3v) is 5.52. The molecule has 2 aromatic carbocycles. The van der Waals surface area contributed by atoms with Gasteiger partial charge < -0.3 is 9.26 Å². The first kappa shape index (κ1) is 20.8. The van der Waals surface area contributed by atoms with Gasteiger partial charge in [-0.05, 0) is 31.2 Å². The number of nitrogens with zero attached hydrogens (tertiary/aromatic N) is 4. The lowest BCUT2D eigenvalue weighted by Crippen LogP contribution is -2.45. The van der Waals surface area contributed by atoms with E-state index in [2.05, 4.69) is 19.9 Å². The van der Waals surface area contributed by atoms with Crippen molar-refractivity contribution in [3.05, 3.63) is 64.8 Å². The maximum absolute atomic E-state index is 14.0. The quantitative estimate of drug-likeness (QED) is 0.558. The van der Waals surface area contributed by atoms with Crippen molar-refractivity contribution in [3.63, 3.8) is 0 Å². The van der Waals surface area contributed by atoms with Gasteiger partial charge in [-0.25, -0.2) is 4.39 Å². The summed E-state index contributed by atoms with van der Waals surface area (Å²) in [5.41, 5.74) is 1.38. The molecule has 0 radical (unpaired) electrons. The molecule has 3 aromatic rings. The van der Waals surface area contributed by atoms with E-state index in [9.17, 15) is 4.39 Å². The van der Waals surface area contributed by atoms with Crippen LogP contribution in [0.2, 0.25) is 5.02 Å². The van der Waals surface area contributed by atoms with E-state index in [0.717, 1.165) is 37.5 Å². The molecule has 2 heterocycles. The lowest BCUT2D eigenvalue weighted by Gasteiger charge is -2.34. The SMILES string of the molecule is CCOc1ccccc1-c1noc(CN2CCN(Cc3c(F)cccc3Cl)CC2)n1. The van der Waals surface area contributed by atoms with E-state index in [1.165, 1.54) is 6.07 Å². The van der Waals surface area contributed by atoms with Gasteiger partial charge in [-0.15, -0.1) is 0 Å². The molecule has 0 saturated carbocycles. The summed E-state index contributed by atoms with van der Waals surface area (Å²) in [5, 5.41) is 4.60. The van der Waals surface area contributed by atoms with E-state index >= 15 is 0 Å². The Kier molecular flexibility index (Phi) is 6.62. The number of halogens is 2. The van der Waals surface area contributed by atoms with Crippen LogP contribution in [0.5, 0.6) is 5.75 Å². The Bertz CT molecular complexity index is 969. The second kappa shape index (κ2) is 9.55. The van der Waals surface area contributed by atoms with Gasteiger partial charge in [0.25, 0.3) is 0 Å². The zero-order valence-corrected chi connectivity index (χ0v) is 17.6. The molecule has 1 saturated heterocycles. The molecule has 6 nitrogen and oxygen atoms in total. The van der Waals surface area contributed by atoms with Crippen molar-refractivity contribution >= 4 is 11.6 Å². The van der Waals surface area contributed by atoms with Crippen LogP contribution in [-0.2, 0) is 13.1 Å². The minimum atomic E-state index is -0.254. The molecule has 0 amide bonds. The number of benzene rings is 2. The fourth-order valence-electron chi connectivity index (χ4n) is 3.57. The van der Waals surface area contributed by atoms with Crippen LogP contribution in [0.15, 0.2) is 47.0 Å². The normalized spacial score (nSPS) is 15.4. The van der Waals surface area contributed by atoms with E-state index in [1.54, 1.807) is 12.1 Å². The molecule has 0 N–H and O–H groups in total. The van der Waals surface area contributed by atoms with Crippen LogP contribution in [-0.4, -0.2) is 52.7 Å². The molecule has 1 fully saturated rings. The molecule has 0 spiro atoms. The Morgan fingerprint density at radius 3 is 2.50 bits per heavy atom. The van der Waals surface area contributed by atoms with Crippen LogP contribution < -0.4 is 4.74 Å². The van der Waals surface area contributed by atoms with Crippen molar-refractivity contribution in [3.8, 4) is 17.1 Å². The van der Waals surface area contributed by atoms with Crippen molar-refractivity contribution in [2.75, 3.05) is 32.8 Å². The zero-order chi connectivity index (χ0) is 20.9. The molecule has 8 heteroatoms. The topological polar surface area (TPSA) is 54.6 Å². The third kappa shape index (κ3) is 4.80. The predicted octanol–water partition coefficient (Wildman–Crippen LogP) is 4.25. The summed E-state index contributed by atoms with van der Waals surface area (Å²) in [6.45, 7) is 6.91. The maximum Gasteiger partial charge on any atom is 0.241 e. The summed E-state index contributed by atoms with van der Waals surface area (Å²) in [6.07, 6.45) is 0. The van der Waals surface area contributed by atoms with E-state index < -0.39 is 0 Å². The minimum Gasteiger partial charge on any atom is -0.493 e. The second-order valence-corrected chi connectivity index (χ2v) is 7.60. The number of aromatic nitrogens is 2. The van der Waals surface area contributed by atoms with Crippen molar-refractivity contribution in [2.45, 2.75) is 20.0 Å². The van der Waals surface area contributed by atoms with Crippen molar-refractivity contribution in [1.82, 2.24) is 19.9 Å². The fourth-order valence-corrected chi connectivity index (χ4v) is 3.79. The first-order valence-electron chi connectivity index (χ1n) is 10.1. The molecule has 0 atom stereocenters. The van der Waals surface area contributed by atoms with Gasteiger partial charge in [-0.3, -0.25) is 9.80 Å². The Labute approximate surface area is 180 Å². The van der Waals surface area contributed by atoms with Gasteiger partial charge in [0.15, 0.2) is 0 Å². The molecular weight excluding hydrogens is 407 g/mol. The summed E-state index contributed by atoms with van der Waals surface area (Å²) in [6, 6.07) is 12.5. The Balaban J connectivity index is 1.34. The van der Waals surface area contributed by atoms with E-state index in [-0.39, 0.29) is 5.82 Å². The largest absolute Gasteiger partial charge is 0.493 e. The molecule has 30 heavy (non-hydrogen) atoms. The Morgan fingerprint density at radius 1 is 1.03 bits per heavy atom. The summed E-state index contributed by atoms with van der Waals surface area (Å²) >= 11 is 6.15. The monoisotopic (exact) mass is 430 g/mol. The van der Waals surface area contributed by atoms with Gasteiger partial charge in [0.2, 0.25) is 11.7 Å². The number of hydrogen-bond donors (Lipinski definition) is 0. The number of hydrogen-bond acceptors (Lipinski definition) is 6. The van der Waals surface area contributed by atoms with Gasteiger partial charge in [-0.1, -0.05) is 35.0 Å². The number of piperazine rings is 1. The first-order chi connectivity index (χ1) is 14.6. The average molecular weight is 431 g/mol. The smallest absolute Gasteiger partial charge is 0.241 e. The van der Waals surface area contributed by atoms with Gasteiger partial charge in [-0.2, -0.15) is 4.98 Å². The predicted molar refractivity (Wildman–Crippen MR) is 113 cm³/mol. The molecule has 0 unspecified atom stereocenters. The highest BCUT2D eigenvalue weighted by molar-refractivity contribution is 6.31. The van der Waals surface area contributed by atoms with Gasteiger partial charge >= 0.3 is 0 Å². The lowest BCUT2D eigenvalue weighted by atomic mass is 10.2. The maximum atomic E-state index is 14.0. The average Bonchev–Trinajstić information content (AvgIpc) is 3.21. The summed E-state index contributed by atoms with van der Waals surface area (Å²) < 4.78 is 25.2. The molecule has 0 aliphatic carbocycles. The molecule has 1 aliphatic rings. The number of rotatable bonds is 7. The van der Waals surface area contributed by atoms with E-state index in [1.807, 2.05) is 31.2 Å². The van der Waals surface area contributed by atoms with Crippen LogP contribution in [0.3, 0.4) is 0 Å². The molecule has 0 bridgehead atoms. The van der Waals surface area contributed by atoms with Crippen LogP contribution in [0.4, 0.5) is 4.39 Å². The zero-order valence-electron chi connectivity index (χ0n) is 16.9. The summed E-state index contributed by atoms with van der Waals surface area (Å²) in [7, 11) is 0. The molecule has 158 valence electrons. The van der Waals surface area contributed by atoms with Gasteiger partial charge in [0.05, 0.1) is 18.7 Å². The number of ether oxygens (including phenoxy) is 1. The number of para-hydroxylation sites is 1. The lowest BCUT2D eigenvalue weighted by molar-refractivity contribution is 0.111. The van der Waals surface area contributed by atoms with Gasteiger partial charge in [0, 0.05) is 43.3 Å². The van der Waals surface area contributed by atoms with Crippen molar-refractivity contribution in [2.24, 2.45) is 0 Å². The van der Waals surface area contributed by atoms with Crippen LogP contribution in [0.25, 0.3) is 11.4 Å². The van der Waals surface area contributed by atoms with Crippen LogP contribution in [0, 0.1) is 5.82 Å². The van der Waals surface area contributed by atoms with E-state index in [4.69, 9.17) is 20.9 Å². The highest BCUT2D eigenvalue weighted by Gasteiger charge is 2.21. The second-order valence-electron chi connectivity index (χ2n) is 7.19. The van der Waals surface area contributed by atoms with Crippen molar-refractivity contribution in [1.29, 1.82) is 0 Å². The highest BCUT2D eigenvalue weighted by Crippen LogP contribution is 2.28. The van der Waals surface area contributed by atoms with Crippen LogP contribution >= 0.6 is 11.6 Å².